The standard InChI is InChI=1S/C11H12Cl2N2O2/c12-8-2-1-7(5-9(8)13)15-3-4-17-6-10(15)11(14)16/h1-2,5,10H,3-4,6H2,(H2,14,16). The Balaban J connectivity index is 2.29. The number of carbonyl (C=O) groups excluding carboxylic acids is 1. The fourth-order valence-corrected chi connectivity index (χ4v) is 2.10. The van der Waals surface area contributed by atoms with E-state index in [9.17, 15) is 4.79 Å². The molecule has 1 aliphatic heterocycles. The van der Waals surface area contributed by atoms with E-state index in [1.54, 1.807) is 12.1 Å². The van der Waals surface area contributed by atoms with Gasteiger partial charge in [0.25, 0.3) is 0 Å². The van der Waals surface area contributed by atoms with Gasteiger partial charge in [0, 0.05) is 12.2 Å². The average Bonchev–Trinajstić information content (AvgIpc) is 2.32. The van der Waals surface area contributed by atoms with Crippen LogP contribution in [0.1, 0.15) is 0 Å². The molecule has 1 aromatic rings. The molecule has 1 unspecified atom stereocenters. The van der Waals surface area contributed by atoms with Gasteiger partial charge in [0.2, 0.25) is 5.91 Å². The molecule has 2 N–H and O–H groups in total. The maximum Gasteiger partial charge on any atom is 0.242 e. The first kappa shape index (κ1) is 12.5. The Hall–Kier alpha value is -0.970. The molecule has 1 saturated heterocycles. The third-order valence-electron chi connectivity index (χ3n) is 2.69. The van der Waals surface area contributed by atoms with E-state index in [4.69, 9.17) is 33.7 Å². The van der Waals surface area contributed by atoms with Gasteiger partial charge in [-0.25, -0.2) is 0 Å². The van der Waals surface area contributed by atoms with Crippen LogP contribution in [-0.4, -0.2) is 31.7 Å². The predicted octanol–water partition coefficient (Wildman–Crippen LogP) is 1.68. The summed E-state index contributed by atoms with van der Waals surface area (Å²) in [4.78, 5) is 13.2. The quantitative estimate of drug-likeness (QED) is 0.893. The number of primary amides is 1. The summed E-state index contributed by atoms with van der Waals surface area (Å²) in [5, 5.41) is 0.943. The Morgan fingerprint density at radius 2 is 2.18 bits per heavy atom. The number of anilines is 1. The fourth-order valence-electron chi connectivity index (χ4n) is 1.81. The molecule has 4 nitrogen and oxygen atoms in total. The highest BCUT2D eigenvalue weighted by atomic mass is 35.5. The van der Waals surface area contributed by atoms with Crippen molar-refractivity contribution < 1.29 is 9.53 Å². The van der Waals surface area contributed by atoms with Gasteiger partial charge in [0.05, 0.1) is 23.3 Å². The zero-order valence-corrected chi connectivity index (χ0v) is 10.5. The Morgan fingerprint density at radius 3 is 2.82 bits per heavy atom. The molecule has 0 saturated carbocycles. The highest BCUT2D eigenvalue weighted by Crippen LogP contribution is 2.28. The Morgan fingerprint density at radius 1 is 1.41 bits per heavy atom. The summed E-state index contributed by atoms with van der Waals surface area (Å²) in [6.45, 7) is 1.46. The number of hydrogen-bond donors (Lipinski definition) is 1. The highest BCUT2D eigenvalue weighted by molar-refractivity contribution is 6.42. The zero-order chi connectivity index (χ0) is 12.4. The van der Waals surface area contributed by atoms with Crippen LogP contribution in [0.25, 0.3) is 0 Å². The molecule has 0 bridgehead atoms. The van der Waals surface area contributed by atoms with Gasteiger partial charge in [-0.15, -0.1) is 0 Å². The van der Waals surface area contributed by atoms with E-state index in [0.717, 1.165) is 5.69 Å². The summed E-state index contributed by atoms with van der Waals surface area (Å²) in [7, 11) is 0. The number of rotatable bonds is 2. The van der Waals surface area contributed by atoms with Crippen molar-refractivity contribution in [1.29, 1.82) is 0 Å². The lowest BCUT2D eigenvalue weighted by Gasteiger charge is -2.35. The molecule has 1 fully saturated rings. The van der Waals surface area contributed by atoms with E-state index in [2.05, 4.69) is 0 Å². The molecule has 0 spiro atoms. The van der Waals surface area contributed by atoms with Crippen molar-refractivity contribution in [2.24, 2.45) is 5.73 Å². The smallest absolute Gasteiger partial charge is 0.242 e. The number of hydrogen-bond acceptors (Lipinski definition) is 3. The summed E-state index contributed by atoms with van der Waals surface area (Å²) < 4.78 is 5.25. The molecular formula is C11H12Cl2N2O2. The second-order valence-electron chi connectivity index (χ2n) is 3.78. The van der Waals surface area contributed by atoms with Gasteiger partial charge in [-0.2, -0.15) is 0 Å². The van der Waals surface area contributed by atoms with Crippen LogP contribution in [0.3, 0.4) is 0 Å². The van der Waals surface area contributed by atoms with E-state index >= 15 is 0 Å². The van der Waals surface area contributed by atoms with Crippen molar-refractivity contribution in [3.05, 3.63) is 28.2 Å². The lowest BCUT2D eigenvalue weighted by Crippen LogP contribution is -2.52. The van der Waals surface area contributed by atoms with E-state index < -0.39 is 11.9 Å². The summed E-state index contributed by atoms with van der Waals surface area (Å²) >= 11 is 11.8. The minimum atomic E-state index is -0.457. The summed E-state index contributed by atoms with van der Waals surface area (Å²) in [5.74, 6) is -0.407. The highest BCUT2D eigenvalue weighted by Gasteiger charge is 2.28. The van der Waals surface area contributed by atoms with Crippen LogP contribution in [-0.2, 0) is 9.53 Å². The number of halogens is 2. The maximum absolute atomic E-state index is 11.3. The molecular weight excluding hydrogens is 263 g/mol. The zero-order valence-electron chi connectivity index (χ0n) is 9.03. The second kappa shape index (κ2) is 5.12. The second-order valence-corrected chi connectivity index (χ2v) is 4.60. The van der Waals surface area contributed by atoms with Gasteiger partial charge in [-0.1, -0.05) is 23.2 Å². The number of carbonyl (C=O) groups is 1. The van der Waals surface area contributed by atoms with E-state index in [-0.39, 0.29) is 0 Å². The van der Waals surface area contributed by atoms with Gasteiger partial charge in [-0.05, 0) is 18.2 Å². The molecule has 0 aromatic heterocycles. The largest absolute Gasteiger partial charge is 0.377 e. The summed E-state index contributed by atoms with van der Waals surface area (Å²) in [5.41, 5.74) is 6.17. The molecule has 92 valence electrons. The number of nitrogens with two attached hydrogens (primary N) is 1. The first-order valence-electron chi connectivity index (χ1n) is 5.18. The van der Waals surface area contributed by atoms with Crippen molar-refractivity contribution in [1.82, 2.24) is 0 Å². The number of amides is 1. The topological polar surface area (TPSA) is 55.6 Å². The van der Waals surface area contributed by atoms with Crippen molar-refractivity contribution >= 4 is 34.8 Å². The Bertz CT molecular complexity index is 439. The molecule has 0 aliphatic carbocycles. The van der Waals surface area contributed by atoms with Crippen LogP contribution in [0.15, 0.2) is 18.2 Å². The predicted molar refractivity (Wildman–Crippen MR) is 67.6 cm³/mol. The van der Waals surface area contributed by atoms with Crippen LogP contribution in [0.5, 0.6) is 0 Å². The Labute approximate surface area is 109 Å². The number of morpholine rings is 1. The molecule has 1 heterocycles. The number of nitrogens with zero attached hydrogens (tertiary/aromatic N) is 1. The minimum Gasteiger partial charge on any atom is -0.377 e. The van der Waals surface area contributed by atoms with Crippen LogP contribution >= 0.6 is 23.2 Å². The normalized spacial score (nSPS) is 20.4. The molecule has 1 aliphatic rings. The third-order valence-corrected chi connectivity index (χ3v) is 3.43. The monoisotopic (exact) mass is 274 g/mol. The molecule has 0 radical (unpaired) electrons. The van der Waals surface area contributed by atoms with E-state index in [1.807, 2.05) is 11.0 Å². The lowest BCUT2D eigenvalue weighted by molar-refractivity contribution is -0.121. The first-order valence-corrected chi connectivity index (χ1v) is 5.94. The SMILES string of the molecule is NC(=O)C1COCCN1c1ccc(Cl)c(Cl)c1. The van der Waals surface area contributed by atoms with Crippen molar-refractivity contribution in [3.8, 4) is 0 Å². The lowest BCUT2D eigenvalue weighted by atomic mass is 10.2. The molecule has 1 atom stereocenters. The average molecular weight is 275 g/mol. The van der Waals surface area contributed by atoms with Gasteiger partial charge in [0.15, 0.2) is 0 Å². The van der Waals surface area contributed by atoms with Gasteiger partial charge < -0.3 is 15.4 Å². The summed E-state index contributed by atoms with van der Waals surface area (Å²) in [6, 6.07) is 4.79. The van der Waals surface area contributed by atoms with Crippen LogP contribution in [0.4, 0.5) is 5.69 Å². The van der Waals surface area contributed by atoms with Crippen LogP contribution in [0, 0.1) is 0 Å². The van der Waals surface area contributed by atoms with Crippen molar-refractivity contribution in [3.63, 3.8) is 0 Å². The Kier molecular flexibility index (Phi) is 3.76. The van der Waals surface area contributed by atoms with Gasteiger partial charge in [-0.3, -0.25) is 4.79 Å². The maximum atomic E-state index is 11.3. The minimum absolute atomic E-state index is 0.301. The van der Waals surface area contributed by atoms with E-state index in [0.29, 0.717) is 29.8 Å². The fraction of sp³-hybridized carbons (Fsp3) is 0.364. The number of ether oxygens (including phenoxy) is 1. The van der Waals surface area contributed by atoms with Crippen molar-refractivity contribution in [2.45, 2.75) is 6.04 Å². The molecule has 17 heavy (non-hydrogen) atoms. The van der Waals surface area contributed by atoms with Crippen molar-refractivity contribution in [2.75, 3.05) is 24.7 Å². The molecule has 1 amide bonds. The molecule has 2 rings (SSSR count). The molecule has 6 heteroatoms. The number of benzene rings is 1. The van der Waals surface area contributed by atoms with E-state index in [1.165, 1.54) is 0 Å². The van der Waals surface area contributed by atoms with Gasteiger partial charge >= 0.3 is 0 Å². The van der Waals surface area contributed by atoms with Crippen LogP contribution in [0.2, 0.25) is 10.0 Å². The summed E-state index contributed by atoms with van der Waals surface area (Å²) in [6.07, 6.45) is 0. The first-order chi connectivity index (χ1) is 8.09. The van der Waals surface area contributed by atoms with Crippen LogP contribution < -0.4 is 10.6 Å². The van der Waals surface area contributed by atoms with Gasteiger partial charge in [0.1, 0.15) is 6.04 Å². The molecule has 1 aromatic carbocycles. The third kappa shape index (κ3) is 2.65.